The van der Waals surface area contributed by atoms with Gasteiger partial charge in [-0.05, 0) is 42.0 Å². The molecular weight excluding hydrogens is 340 g/mol. The van der Waals surface area contributed by atoms with Crippen LogP contribution >= 0.6 is 0 Å². The van der Waals surface area contributed by atoms with Crippen molar-refractivity contribution in [2.45, 2.75) is 6.54 Å². The van der Waals surface area contributed by atoms with Gasteiger partial charge in [0.1, 0.15) is 22.9 Å². The first kappa shape index (κ1) is 17.0. The Morgan fingerprint density at radius 2 is 1.85 bits per heavy atom. The van der Waals surface area contributed by atoms with Crippen molar-refractivity contribution in [2.24, 2.45) is 0 Å². The fourth-order valence-electron chi connectivity index (χ4n) is 3.18. The van der Waals surface area contributed by atoms with E-state index in [0.717, 1.165) is 39.8 Å². The van der Waals surface area contributed by atoms with Crippen molar-refractivity contribution < 1.29 is 13.9 Å². The zero-order valence-electron chi connectivity index (χ0n) is 15.3. The number of aromatic nitrogens is 2. The van der Waals surface area contributed by atoms with Crippen molar-refractivity contribution in [2.75, 3.05) is 14.2 Å². The van der Waals surface area contributed by atoms with Crippen LogP contribution in [0.15, 0.2) is 77.7 Å². The van der Waals surface area contributed by atoms with E-state index in [0.29, 0.717) is 6.54 Å². The molecule has 27 heavy (non-hydrogen) atoms. The quantitative estimate of drug-likeness (QED) is 0.492. The first-order valence-electron chi connectivity index (χ1n) is 8.65. The summed E-state index contributed by atoms with van der Waals surface area (Å²) in [6.45, 7) is 0.648. The number of hydrogen-bond donors (Lipinski definition) is 0. The lowest BCUT2D eigenvalue weighted by Gasteiger charge is -2.11. The highest BCUT2D eigenvalue weighted by molar-refractivity contribution is 5.79. The molecule has 0 bridgehead atoms. The molecular formula is C22H20N2O3. The third-order valence-electron chi connectivity index (χ3n) is 4.44. The smallest absolute Gasteiger partial charge is 0.152 e. The van der Waals surface area contributed by atoms with Crippen LogP contribution in [0, 0.1) is 0 Å². The maximum absolute atomic E-state index is 5.71. The number of methoxy groups -OCH3 is 2. The minimum atomic E-state index is 0.648. The molecule has 2 aromatic heterocycles. The zero-order valence-corrected chi connectivity index (χ0v) is 15.3. The van der Waals surface area contributed by atoms with Crippen molar-refractivity contribution in [3.05, 3.63) is 78.8 Å². The van der Waals surface area contributed by atoms with Gasteiger partial charge in [0.15, 0.2) is 5.76 Å². The molecule has 5 heteroatoms. The summed E-state index contributed by atoms with van der Waals surface area (Å²) >= 11 is 0. The predicted molar refractivity (Wildman–Crippen MR) is 104 cm³/mol. The van der Waals surface area contributed by atoms with E-state index in [1.807, 2.05) is 60.9 Å². The van der Waals surface area contributed by atoms with E-state index in [4.69, 9.17) is 13.9 Å². The molecule has 0 N–H and O–H groups in total. The van der Waals surface area contributed by atoms with E-state index >= 15 is 0 Å². The van der Waals surface area contributed by atoms with Crippen LogP contribution in [0.3, 0.4) is 0 Å². The molecule has 0 aliphatic heterocycles. The monoisotopic (exact) mass is 360 g/mol. The predicted octanol–water partition coefficient (Wildman–Crippen LogP) is 4.88. The van der Waals surface area contributed by atoms with Gasteiger partial charge < -0.3 is 18.5 Å². The summed E-state index contributed by atoms with van der Waals surface area (Å²) in [6.07, 6.45) is 3.50. The first-order chi connectivity index (χ1) is 13.3. The molecule has 0 atom stereocenters. The van der Waals surface area contributed by atoms with Gasteiger partial charge in [-0.25, -0.2) is 4.98 Å². The summed E-state index contributed by atoms with van der Waals surface area (Å²) < 4.78 is 18.7. The number of para-hydroxylation sites is 1. The topological polar surface area (TPSA) is 49.4 Å². The average molecular weight is 360 g/mol. The standard InChI is InChI=1S/C22H20N2O3/c1-25-17-8-5-7-16(13-17)14-24-15-23-21(22(24)20-11-6-12-27-20)18-9-3-4-10-19(18)26-2/h3-13,15H,14H2,1-2H3. The molecule has 0 saturated heterocycles. The van der Waals surface area contributed by atoms with Gasteiger partial charge in [0, 0.05) is 12.1 Å². The van der Waals surface area contributed by atoms with Crippen LogP contribution in [0.2, 0.25) is 0 Å². The third-order valence-corrected chi connectivity index (χ3v) is 4.44. The molecule has 2 aromatic carbocycles. The molecule has 4 rings (SSSR count). The van der Waals surface area contributed by atoms with Gasteiger partial charge in [0.25, 0.3) is 0 Å². The largest absolute Gasteiger partial charge is 0.497 e. The maximum atomic E-state index is 5.71. The summed E-state index contributed by atoms with van der Waals surface area (Å²) in [5.74, 6) is 2.37. The van der Waals surface area contributed by atoms with Gasteiger partial charge in [-0.15, -0.1) is 0 Å². The summed E-state index contributed by atoms with van der Waals surface area (Å²) in [5.41, 5.74) is 3.78. The number of imidazole rings is 1. The Hall–Kier alpha value is -3.47. The van der Waals surface area contributed by atoms with Crippen LogP contribution < -0.4 is 9.47 Å². The fourth-order valence-corrected chi connectivity index (χ4v) is 3.18. The normalized spacial score (nSPS) is 10.7. The molecule has 4 aromatic rings. The Morgan fingerprint density at radius 1 is 0.963 bits per heavy atom. The summed E-state index contributed by atoms with van der Waals surface area (Å²) in [5, 5.41) is 0. The molecule has 0 aliphatic carbocycles. The molecule has 0 saturated carbocycles. The van der Waals surface area contributed by atoms with Gasteiger partial charge in [-0.3, -0.25) is 0 Å². The first-order valence-corrected chi connectivity index (χ1v) is 8.65. The van der Waals surface area contributed by atoms with Gasteiger partial charge >= 0.3 is 0 Å². The molecule has 0 radical (unpaired) electrons. The van der Waals surface area contributed by atoms with Gasteiger partial charge in [-0.1, -0.05) is 24.3 Å². The van der Waals surface area contributed by atoms with Gasteiger partial charge in [0.05, 0.1) is 26.8 Å². The number of hydrogen-bond acceptors (Lipinski definition) is 4. The number of furan rings is 1. The maximum Gasteiger partial charge on any atom is 0.152 e. The van der Waals surface area contributed by atoms with Crippen LogP contribution in [0.4, 0.5) is 0 Å². The third kappa shape index (κ3) is 3.31. The van der Waals surface area contributed by atoms with Crippen LogP contribution in [0.5, 0.6) is 11.5 Å². The molecule has 0 spiro atoms. The Balaban J connectivity index is 1.82. The van der Waals surface area contributed by atoms with Crippen LogP contribution in [-0.4, -0.2) is 23.8 Å². The van der Waals surface area contributed by atoms with E-state index in [1.165, 1.54) is 0 Å². The molecule has 136 valence electrons. The Kier molecular flexibility index (Phi) is 4.66. The van der Waals surface area contributed by atoms with E-state index in [1.54, 1.807) is 20.5 Å². The summed E-state index contributed by atoms with van der Waals surface area (Å²) in [4.78, 5) is 4.68. The van der Waals surface area contributed by atoms with Crippen molar-refractivity contribution in [3.8, 4) is 34.2 Å². The minimum absolute atomic E-state index is 0.648. The summed E-state index contributed by atoms with van der Waals surface area (Å²) in [7, 11) is 3.34. The molecule has 2 heterocycles. The highest BCUT2D eigenvalue weighted by Crippen LogP contribution is 2.36. The van der Waals surface area contributed by atoms with E-state index in [-0.39, 0.29) is 0 Å². The average Bonchev–Trinajstić information content (AvgIpc) is 3.37. The fraction of sp³-hybridized carbons (Fsp3) is 0.136. The lowest BCUT2D eigenvalue weighted by molar-refractivity contribution is 0.414. The SMILES string of the molecule is COc1cccc(Cn2cnc(-c3ccccc3OC)c2-c2ccco2)c1. The lowest BCUT2D eigenvalue weighted by Crippen LogP contribution is -2.01. The van der Waals surface area contributed by atoms with E-state index < -0.39 is 0 Å². The van der Waals surface area contributed by atoms with E-state index in [2.05, 4.69) is 15.6 Å². The van der Waals surface area contributed by atoms with Crippen LogP contribution in [0.1, 0.15) is 5.56 Å². The molecule has 0 fully saturated rings. The molecule has 0 amide bonds. The second-order valence-electron chi connectivity index (χ2n) is 6.10. The number of benzene rings is 2. The van der Waals surface area contributed by atoms with Crippen LogP contribution in [0.25, 0.3) is 22.7 Å². The summed E-state index contributed by atoms with van der Waals surface area (Å²) in [6, 6.07) is 19.7. The number of nitrogens with zero attached hydrogens (tertiary/aromatic N) is 2. The highest BCUT2D eigenvalue weighted by atomic mass is 16.5. The highest BCUT2D eigenvalue weighted by Gasteiger charge is 2.20. The van der Waals surface area contributed by atoms with Gasteiger partial charge in [-0.2, -0.15) is 0 Å². The second-order valence-corrected chi connectivity index (χ2v) is 6.10. The van der Waals surface area contributed by atoms with Crippen molar-refractivity contribution in [1.29, 1.82) is 0 Å². The van der Waals surface area contributed by atoms with Crippen molar-refractivity contribution in [1.82, 2.24) is 9.55 Å². The Bertz CT molecular complexity index is 1040. The molecule has 5 nitrogen and oxygen atoms in total. The number of ether oxygens (including phenoxy) is 2. The lowest BCUT2D eigenvalue weighted by atomic mass is 10.1. The number of rotatable bonds is 6. The van der Waals surface area contributed by atoms with E-state index in [9.17, 15) is 0 Å². The zero-order chi connectivity index (χ0) is 18.6. The van der Waals surface area contributed by atoms with Crippen molar-refractivity contribution in [3.63, 3.8) is 0 Å². The Morgan fingerprint density at radius 3 is 2.63 bits per heavy atom. The van der Waals surface area contributed by atoms with Crippen molar-refractivity contribution >= 4 is 0 Å². The minimum Gasteiger partial charge on any atom is -0.497 e. The molecule has 0 aliphatic rings. The van der Waals surface area contributed by atoms with Crippen LogP contribution in [-0.2, 0) is 6.54 Å². The Labute approximate surface area is 157 Å². The second kappa shape index (κ2) is 7.41. The van der Waals surface area contributed by atoms with Gasteiger partial charge in [0.2, 0.25) is 0 Å². The molecule has 0 unspecified atom stereocenters.